The minimum atomic E-state index is -0.415. The van der Waals surface area contributed by atoms with E-state index in [1.54, 1.807) is 24.4 Å². The third-order valence-electron chi connectivity index (χ3n) is 5.08. The Labute approximate surface area is 184 Å². The first kappa shape index (κ1) is 20.8. The van der Waals surface area contributed by atoms with Crippen LogP contribution >= 0.6 is 11.3 Å². The van der Waals surface area contributed by atoms with Gasteiger partial charge in [0.1, 0.15) is 16.6 Å². The Hall–Kier alpha value is -3.45. The van der Waals surface area contributed by atoms with Gasteiger partial charge in [-0.1, -0.05) is 12.1 Å². The van der Waals surface area contributed by atoms with Crippen molar-refractivity contribution in [3.63, 3.8) is 0 Å². The number of furan rings is 1. The molecular formula is C24H22FN3O2S. The van der Waals surface area contributed by atoms with Crippen molar-refractivity contribution >= 4 is 28.1 Å². The van der Waals surface area contributed by atoms with E-state index >= 15 is 0 Å². The average Bonchev–Trinajstić information content (AvgIpc) is 3.36. The largest absolute Gasteiger partial charge is 0.459 e. The van der Waals surface area contributed by atoms with Crippen LogP contribution in [0.25, 0.3) is 0 Å². The van der Waals surface area contributed by atoms with Crippen LogP contribution in [-0.2, 0) is 0 Å². The predicted octanol–water partition coefficient (Wildman–Crippen LogP) is 6.25. The Balaban J connectivity index is 1.79. The van der Waals surface area contributed by atoms with Crippen LogP contribution in [0.4, 0.5) is 15.2 Å². The van der Waals surface area contributed by atoms with Crippen molar-refractivity contribution in [1.82, 2.24) is 4.98 Å². The molecule has 4 rings (SSSR count). The van der Waals surface area contributed by atoms with E-state index in [1.165, 1.54) is 29.7 Å². The van der Waals surface area contributed by atoms with Crippen LogP contribution in [0, 0.1) is 26.6 Å². The molecule has 0 spiro atoms. The maximum atomic E-state index is 14.1. The molecule has 4 aromatic rings. The van der Waals surface area contributed by atoms with Gasteiger partial charge in [0, 0.05) is 16.6 Å². The molecule has 0 aliphatic carbocycles. The van der Waals surface area contributed by atoms with Crippen molar-refractivity contribution in [2.24, 2.45) is 0 Å². The average molecular weight is 436 g/mol. The summed E-state index contributed by atoms with van der Waals surface area (Å²) in [4.78, 5) is 18.2. The molecule has 0 fully saturated rings. The summed E-state index contributed by atoms with van der Waals surface area (Å²) < 4.78 is 19.4. The highest BCUT2D eigenvalue weighted by atomic mass is 32.1. The lowest BCUT2D eigenvalue weighted by Gasteiger charge is -2.22. The van der Waals surface area contributed by atoms with Crippen LogP contribution in [-0.4, -0.2) is 10.9 Å². The molecule has 0 bridgehead atoms. The zero-order chi connectivity index (χ0) is 22.0. The van der Waals surface area contributed by atoms with Crippen LogP contribution in [0.5, 0.6) is 0 Å². The fraction of sp³-hybridized carbons (Fsp3) is 0.167. The molecule has 0 saturated heterocycles. The minimum Gasteiger partial charge on any atom is -0.459 e. The van der Waals surface area contributed by atoms with Crippen molar-refractivity contribution in [1.29, 1.82) is 0 Å². The second-order valence-electron chi connectivity index (χ2n) is 7.31. The van der Waals surface area contributed by atoms with E-state index < -0.39 is 6.04 Å². The first-order valence-electron chi connectivity index (χ1n) is 9.82. The molecule has 7 heteroatoms. The number of aromatic nitrogens is 1. The Morgan fingerprint density at radius 2 is 1.97 bits per heavy atom. The summed E-state index contributed by atoms with van der Waals surface area (Å²) >= 11 is 1.48. The van der Waals surface area contributed by atoms with Gasteiger partial charge in [0.05, 0.1) is 12.3 Å². The van der Waals surface area contributed by atoms with Crippen LogP contribution in [0.2, 0.25) is 0 Å². The molecule has 31 heavy (non-hydrogen) atoms. The Kier molecular flexibility index (Phi) is 5.86. The Morgan fingerprint density at radius 1 is 1.13 bits per heavy atom. The molecule has 2 N–H and O–H groups in total. The monoisotopic (exact) mass is 435 g/mol. The zero-order valence-corrected chi connectivity index (χ0v) is 18.2. The Morgan fingerprint density at radius 3 is 2.68 bits per heavy atom. The normalized spacial score (nSPS) is 11.9. The topological polar surface area (TPSA) is 67.2 Å². The van der Waals surface area contributed by atoms with Crippen molar-refractivity contribution in [3.05, 3.63) is 99.7 Å². The zero-order valence-electron chi connectivity index (χ0n) is 17.4. The molecule has 3 aromatic heterocycles. The van der Waals surface area contributed by atoms with E-state index in [2.05, 4.69) is 15.6 Å². The van der Waals surface area contributed by atoms with Gasteiger partial charge in [-0.2, -0.15) is 0 Å². The summed E-state index contributed by atoms with van der Waals surface area (Å²) in [7, 11) is 0. The molecule has 1 aromatic carbocycles. The minimum absolute atomic E-state index is 0.227. The van der Waals surface area contributed by atoms with Gasteiger partial charge in [0.2, 0.25) is 0 Å². The van der Waals surface area contributed by atoms with Gasteiger partial charge < -0.3 is 15.1 Å². The number of hydrogen-bond donors (Lipinski definition) is 2. The van der Waals surface area contributed by atoms with E-state index in [0.717, 1.165) is 27.1 Å². The van der Waals surface area contributed by atoms with Crippen molar-refractivity contribution in [2.45, 2.75) is 26.8 Å². The molecule has 0 aliphatic rings. The fourth-order valence-electron chi connectivity index (χ4n) is 3.43. The molecular weight excluding hydrogens is 413 g/mol. The number of rotatable bonds is 6. The summed E-state index contributed by atoms with van der Waals surface area (Å²) in [5.41, 5.74) is 3.68. The molecule has 158 valence electrons. The molecule has 1 atom stereocenters. The standard InChI is InChI=1S/C24H22FN3O2S/c1-14-9-10-26-20(12-14)27-22(17-6-4-7-18(25)13-17)21-15(2)16(3)31-24(21)28-23(29)19-8-5-11-30-19/h4-13,22H,1-3H3,(H,26,27)(H,28,29)/t22-/m1/s1. The quantitative estimate of drug-likeness (QED) is 0.375. The van der Waals surface area contributed by atoms with E-state index in [0.29, 0.717) is 10.8 Å². The second kappa shape index (κ2) is 8.73. The van der Waals surface area contributed by atoms with Crippen LogP contribution in [0.15, 0.2) is 65.4 Å². The third kappa shape index (κ3) is 4.51. The number of amides is 1. The summed E-state index contributed by atoms with van der Waals surface area (Å²) in [5.74, 6) is 0.234. The first-order chi connectivity index (χ1) is 14.9. The lowest BCUT2D eigenvalue weighted by Crippen LogP contribution is -2.18. The van der Waals surface area contributed by atoms with E-state index in [9.17, 15) is 9.18 Å². The van der Waals surface area contributed by atoms with Crippen molar-refractivity contribution < 1.29 is 13.6 Å². The number of aryl methyl sites for hydroxylation is 2. The van der Waals surface area contributed by atoms with Gasteiger partial charge in [-0.25, -0.2) is 9.37 Å². The van der Waals surface area contributed by atoms with E-state index in [1.807, 2.05) is 39.0 Å². The first-order valence-corrected chi connectivity index (χ1v) is 10.6. The van der Waals surface area contributed by atoms with Crippen LogP contribution < -0.4 is 10.6 Å². The summed E-state index contributed by atoms with van der Waals surface area (Å²) in [5, 5.41) is 7.09. The number of pyridine rings is 1. The van der Waals surface area contributed by atoms with Crippen LogP contribution in [0.3, 0.4) is 0 Å². The highest BCUT2D eigenvalue weighted by molar-refractivity contribution is 7.16. The number of halogens is 1. The number of nitrogens with one attached hydrogen (secondary N) is 2. The van der Waals surface area contributed by atoms with Gasteiger partial charge in [-0.05, 0) is 73.9 Å². The third-order valence-corrected chi connectivity index (χ3v) is 6.22. The molecule has 0 aliphatic heterocycles. The van der Waals surface area contributed by atoms with E-state index in [-0.39, 0.29) is 17.5 Å². The predicted molar refractivity (Wildman–Crippen MR) is 121 cm³/mol. The highest BCUT2D eigenvalue weighted by Gasteiger charge is 2.26. The lowest BCUT2D eigenvalue weighted by molar-refractivity contribution is 0.0997. The SMILES string of the molecule is Cc1ccnc(N[C@H](c2cccc(F)c2)c2c(NC(=O)c3ccco3)sc(C)c2C)c1. The molecule has 0 radical (unpaired) electrons. The number of hydrogen-bond acceptors (Lipinski definition) is 5. The molecule has 5 nitrogen and oxygen atoms in total. The summed E-state index contributed by atoms with van der Waals surface area (Å²) in [6, 6.07) is 13.2. The van der Waals surface area contributed by atoms with Gasteiger partial charge in [0.15, 0.2) is 5.76 Å². The number of nitrogens with zero attached hydrogens (tertiary/aromatic N) is 1. The molecule has 3 heterocycles. The number of thiophene rings is 1. The maximum absolute atomic E-state index is 14.1. The summed E-state index contributed by atoms with van der Waals surface area (Å²) in [6.07, 6.45) is 3.19. The van der Waals surface area contributed by atoms with Gasteiger partial charge in [-0.15, -0.1) is 11.3 Å². The molecule has 0 saturated carbocycles. The number of carbonyl (C=O) groups excluding carboxylic acids is 1. The van der Waals surface area contributed by atoms with Gasteiger partial charge in [-0.3, -0.25) is 4.79 Å². The smallest absolute Gasteiger partial charge is 0.291 e. The fourth-order valence-corrected chi connectivity index (χ4v) is 4.52. The van der Waals surface area contributed by atoms with Crippen molar-refractivity contribution in [2.75, 3.05) is 10.6 Å². The summed E-state index contributed by atoms with van der Waals surface area (Å²) in [6.45, 7) is 5.99. The lowest BCUT2D eigenvalue weighted by atomic mass is 9.96. The van der Waals surface area contributed by atoms with Crippen LogP contribution in [0.1, 0.15) is 43.7 Å². The molecule has 1 amide bonds. The van der Waals surface area contributed by atoms with Gasteiger partial charge in [0.25, 0.3) is 5.91 Å². The maximum Gasteiger partial charge on any atom is 0.291 e. The molecule has 0 unspecified atom stereocenters. The number of carbonyl (C=O) groups is 1. The number of anilines is 2. The highest BCUT2D eigenvalue weighted by Crippen LogP contribution is 2.41. The van der Waals surface area contributed by atoms with E-state index in [4.69, 9.17) is 4.42 Å². The number of benzene rings is 1. The Bertz CT molecular complexity index is 1220. The van der Waals surface area contributed by atoms with Gasteiger partial charge >= 0.3 is 0 Å². The van der Waals surface area contributed by atoms with Crippen molar-refractivity contribution in [3.8, 4) is 0 Å². The second-order valence-corrected chi connectivity index (χ2v) is 8.53.